The van der Waals surface area contributed by atoms with Gasteiger partial charge in [0, 0.05) is 24.4 Å². The van der Waals surface area contributed by atoms with Gasteiger partial charge in [-0.3, -0.25) is 14.4 Å². The number of rotatable bonds is 8. The molecule has 6 heteroatoms. The highest BCUT2D eigenvalue weighted by Gasteiger charge is 2.16. The number of hydrogen-bond acceptors (Lipinski definition) is 4. The van der Waals surface area contributed by atoms with Crippen molar-refractivity contribution in [3.8, 4) is 5.75 Å². The molecule has 0 spiro atoms. The molecule has 1 fully saturated rings. The van der Waals surface area contributed by atoms with E-state index in [2.05, 4.69) is 10.6 Å². The van der Waals surface area contributed by atoms with E-state index in [-0.39, 0.29) is 43.0 Å². The Morgan fingerprint density at radius 3 is 2.32 bits per heavy atom. The molecule has 6 nitrogen and oxygen atoms in total. The van der Waals surface area contributed by atoms with Crippen LogP contribution >= 0.6 is 0 Å². The largest absolute Gasteiger partial charge is 0.497 e. The van der Waals surface area contributed by atoms with Crippen molar-refractivity contribution < 1.29 is 19.1 Å². The van der Waals surface area contributed by atoms with Crippen LogP contribution in [0.3, 0.4) is 0 Å². The van der Waals surface area contributed by atoms with Crippen molar-refractivity contribution >= 4 is 17.6 Å². The number of benzene rings is 1. The molecular weight excluding hydrogens is 320 g/mol. The SMILES string of the molecule is COc1ccc(C(=O)CCC(=O)NCC(=O)NC2CCCCC2)cc1. The van der Waals surface area contributed by atoms with E-state index in [1.807, 2.05) is 0 Å². The number of carbonyl (C=O) groups is 3. The smallest absolute Gasteiger partial charge is 0.239 e. The summed E-state index contributed by atoms with van der Waals surface area (Å²) < 4.78 is 5.04. The molecule has 25 heavy (non-hydrogen) atoms. The molecule has 2 N–H and O–H groups in total. The van der Waals surface area contributed by atoms with Gasteiger partial charge in [-0.25, -0.2) is 0 Å². The first-order chi connectivity index (χ1) is 12.1. The Morgan fingerprint density at radius 1 is 1.00 bits per heavy atom. The quantitative estimate of drug-likeness (QED) is 0.707. The van der Waals surface area contributed by atoms with Crippen molar-refractivity contribution in [1.29, 1.82) is 0 Å². The second-order valence-corrected chi connectivity index (χ2v) is 6.33. The Balaban J connectivity index is 1.65. The second kappa shape index (κ2) is 9.81. The second-order valence-electron chi connectivity index (χ2n) is 6.33. The minimum Gasteiger partial charge on any atom is -0.497 e. The maximum Gasteiger partial charge on any atom is 0.239 e. The summed E-state index contributed by atoms with van der Waals surface area (Å²) in [6.07, 6.45) is 5.72. The third-order valence-electron chi connectivity index (χ3n) is 4.41. The van der Waals surface area contributed by atoms with Gasteiger partial charge in [-0.2, -0.15) is 0 Å². The molecule has 1 aliphatic rings. The lowest BCUT2D eigenvalue weighted by atomic mass is 9.95. The minimum atomic E-state index is -0.291. The van der Waals surface area contributed by atoms with Crippen molar-refractivity contribution in [3.63, 3.8) is 0 Å². The van der Waals surface area contributed by atoms with Crippen molar-refractivity contribution in [2.45, 2.75) is 51.0 Å². The molecule has 136 valence electrons. The molecular formula is C19H26N2O4. The molecule has 0 heterocycles. The molecule has 0 aromatic heterocycles. The number of nitrogens with one attached hydrogen (secondary N) is 2. The van der Waals surface area contributed by atoms with E-state index in [1.165, 1.54) is 6.42 Å². The number of carbonyl (C=O) groups excluding carboxylic acids is 3. The molecule has 1 aliphatic carbocycles. The van der Waals surface area contributed by atoms with Gasteiger partial charge in [-0.05, 0) is 37.1 Å². The van der Waals surface area contributed by atoms with E-state index < -0.39 is 0 Å². The maximum atomic E-state index is 12.0. The van der Waals surface area contributed by atoms with Gasteiger partial charge in [-0.1, -0.05) is 19.3 Å². The molecule has 0 saturated heterocycles. The van der Waals surface area contributed by atoms with Crippen LogP contribution in [-0.4, -0.2) is 37.3 Å². The number of Topliss-reactive ketones (excluding diaryl/α,β-unsaturated/α-hetero) is 1. The summed E-state index contributed by atoms with van der Waals surface area (Å²) >= 11 is 0. The van der Waals surface area contributed by atoms with Crippen LogP contribution < -0.4 is 15.4 Å². The molecule has 1 saturated carbocycles. The fourth-order valence-corrected chi connectivity index (χ4v) is 2.94. The summed E-state index contributed by atoms with van der Waals surface area (Å²) in [5.74, 6) is 0.116. The van der Waals surface area contributed by atoms with E-state index in [4.69, 9.17) is 4.74 Å². The van der Waals surface area contributed by atoms with Gasteiger partial charge in [0.15, 0.2) is 5.78 Å². The fraction of sp³-hybridized carbons (Fsp3) is 0.526. The molecule has 0 atom stereocenters. The highest BCUT2D eigenvalue weighted by molar-refractivity contribution is 5.98. The van der Waals surface area contributed by atoms with Gasteiger partial charge < -0.3 is 15.4 Å². The lowest BCUT2D eigenvalue weighted by Gasteiger charge is -2.22. The Morgan fingerprint density at radius 2 is 1.68 bits per heavy atom. The number of ketones is 1. The van der Waals surface area contributed by atoms with E-state index in [1.54, 1.807) is 31.4 Å². The van der Waals surface area contributed by atoms with E-state index in [0.717, 1.165) is 25.7 Å². The lowest BCUT2D eigenvalue weighted by Crippen LogP contribution is -2.42. The van der Waals surface area contributed by atoms with Crippen LogP contribution in [0.15, 0.2) is 24.3 Å². The predicted octanol–water partition coefficient (Wildman–Crippen LogP) is 2.22. The van der Waals surface area contributed by atoms with Crippen molar-refractivity contribution in [2.24, 2.45) is 0 Å². The highest BCUT2D eigenvalue weighted by atomic mass is 16.5. The van der Waals surface area contributed by atoms with Crippen molar-refractivity contribution in [2.75, 3.05) is 13.7 Å². The topological polar surface area (TPSA) is 84.5 Å². The standard InChI is InChI=1S/C19H26N2O4/c1-25-16-9-7-14(8-10-16)17(22)11-12-18(23)20-13-19(24)21-15-5-3-2-4-6-15/h7-10,15H,2-6,11-13H2,1H3,(H,20,23)(H,21,24). The number of hydrogen-bond donors (Lipinski definition) is 2. The molecule has 0 radical (unpaired) electrons. The zero-order chi connectivity index (χ0) is 18.1. The Bertz CT molecular complexity index is 592. The molecule has 0 unspecified atom stereocenters. The third-order valence-corrected chi connectivity index (χ3v) is 4.41. The highest BCUT2D eigenvalue weighted by Crippen LogP contribution is 2.17. The average Bonchev–Trinajstić information content (AvgIpc) is 2.65. The molecule has 1 aromatic rings. The van der Waals surface area contributed by atoms with E-state index >= 15 is 0 Å². The van der Waals surface area contributed by atoms with Crippen LogP contribution in [-0.2, 0) is 9.59 Å². The molecule has 0 aliphatic heterocycles. The van der Waals surface area contributed by atoms with Crippen LogP contribution in [0.2, 0.25) is 0 Å². The van der Waals surface area contributed by atoms with Crippen molar-refractivity contribution in [3.05, 3.63) is 29.8 Å². The van der Waals surface area contributed by atoms with Gasteiger partial charge in [0.2, 0.25) is 11.8 Å². The average molecular weight is 346 g/mol. The predicted molar refractivity (Wildman–Crippen MR) is 94.6 cm³/mol. The van der Waals surface area contributed by atoms with Gasteiger partial charge in [0.05, 0.1) is 13.7 Å². The van der Waals surface area contributed by atoms with Crippen LogP contribution in [0.25, 0.3) is 0 Å². The summed E-state index contributed by atoms with van der Waals surface area (Å²) in [5, 5.41) is 5.52. The summed E-state index contributed by atoms with van der Waals surface area (Å²) in [6, 6.07) is 7.01. The van der Waals surface area contributed by atoms with Crippen LogP contribution in [0, 0.1) is 0 Å². The van der Waals surface area contributed by atoms with Crippen LogP contribution in [0.1, 0.15) is 55.3 Å². The van der Waals surface area contributed by atoms with E-state index in [9.17, 15) is 14.4 Å². The monoisotopic (exact) mass is 346 g/mol. The Hall–Kier alpha value is -2.37. The van der Waals surface area contributed by atoms with Crippen molar-refractivity contribution in [1.82, 2.24) is 10.6 Å². The Kier molecular flexibility index (Phi) is 7.44. The first-order valence-corrected chi connectivity index (χ1v) is 8.82. The van der Waals surface area contributed by atoms with Crippen LogP contribution in [0.5, 0.6) is 5.75 Å². The summed E-state index contributed by atoms with van der Waals surface area (Å²) in [4.78, 5) is 35.7. The summed E-state index contributed by atoms with van der Waals surface area (Å²) in [5.41, 5.74) is 0.545. The molecule has 2 amide bonds. The van der Waals surface area contributed by atoms with Gasteiger partial charge >= 0.3 is 0 Å². The first-order valence-electron chi connectivity index (χ1n) is 8.82. The first kappa shape index (κ1) is 19.0. The Labute approximate surface area is 148 Å². The fourth-order valence-electron chi connectivity index (χ4n) is 2.94. The maximum absolute atomic E-state index is 12.0. The minimum absolute atomic E-state index is 0.0357. The summed E-state index contributed by atoms with van der Waals surface area (Å²) in [6.45, 7) is -0.0357. The lowest BCUT2D eigenvalue weighted by molar-refractivity contribution is -0.126. The molecule has 2 rings (SSSR count). The van der Waals surface area contributed by atoms with Gasteiger partial charge in [0.25, 0.3) is 0 Å². The molecule has 0 bridgehead atoms. The number of methoxy groups -OCH3 is 1. The van der Waals surface area contributed by atoms with Gasteiger partial charge in [-0.15, -0.1) is 0 Å². The zero-order valence-electron chi connectivity index (χ0n) is 14.7. The van der Waals surface area contributed by atoms with Crippen LogP contribution in [0.4, 0.5) is 0 Å². The van der Waals surface area contributed by atoms with Gasteiger partial charge in [0.1, 0.15) is 5.75 Å². The third kappa shape index (κ3) is 6.57. The molecule has 1 aromatic carbocycles. The number of amides is 2. The van der Waals surface area contributed by atoms with E-state index in [0.29, 0.717) is 11.3 Å². The summed E-state index contributed by atoms with van der Waals surface area (Å²) in [7, 11) is 1.56. The number of ether oxygens (including phenoxy) is 1. The normalized spacial score (nSPS) is 14.6. The zero-order valence-corrected chi connectivity index (χ0v) is 14.7.